The molecule has 3 nitrogen and oxygen atoms in total. The van der Waals surface area contributed by atoms with Gasteiger partial charge in [0.05, 0.1) is 12.3 Å². The molecule has 2 aliphatic rings. The molecule has 0 aromatic heterocycles. The molecular weight excluding hydrogens is 142 g/mol. The van der Waals surface area contributed by atoms with E-state index in [1.54, 1.807) is 0 Å². The number of hydrogen-bond donors (Lipinski definition) is 0. The minimum atomic E-state index is 0.215. The van der Waals surface area contributed by atoms with E-state index in [9.17, 15) is 0 Å². The van der Waals surface area contributed by atoms with Crippen molar-refractivity contribution in [3.63, 3.8) is 0 Å². The molecule has 3 heteroatoms. The van der Waals surface area contributed by atoms with Gasteiger partial charge in [-0.1, -0.05) is 19.0 Å². The Kier molecular flexibility index (Phi) is 1.60. The van der Waals surface area contributed by atoms with Crippen molar-refractivity contribution in [3.8, 4) is 0 Å². The lowest BCUT2D eigenvalue weighted by atomic mass is 10.0. The van der Waals surface area contributed by atoms with E-state index in [1.807, 2.05) is 0 Å². The molecule has 0 saturated carbocycles. The van der Waals surface area contributed by atoms with Crippen LogP contribution in [0.2, 0.25) is 0 Å². The summed E-state index contributed by atoms with van der Waals surface area (Å²) in [6, 6.07) is 0. The molecule has 0 amide bonds. The molecule has 0 aliphatic carbocycles. The molecule has 0 bridgehead atoms. The maximum absolute atomic E-state index is 5.21. The van der Waals surface area contributed by atoms with E-state index in [0.29, 0.717) is 12.0 Å². The highest BCUT2D eigenvalue weighted by Gasteiger charge is 2.38. The van der Waals surface area contributed by atoms with Gasteiger partial charge in [0, 0.05) is 6.42 Å². The molecule has 1 saturated heterocycles. The normalized spacial score (nSPS) is 35.4. The first-order valence-corrected chi connectivity index (χ1v) is 4.11. The van der Waals surface area contributed by atoms with Gasteiger partial charge in [-0.25, -0.2) is 0 Å². The highest BCUT2D eigenvalue weighted by atomic mass is 16.7. The molecule has 0 radical (unpaired) electrons. The van der Waals surface area contributed by atoms with E-state index >= 15 is 0 Å². The highest BCUT2D eigenvalue weighted by Crippen LogP contribution is 2.26. The third kappa shape index (κ3) is 1.38. The van der Waals surface area contributed by atoms with Gasteiger partial charge in [0.1, 0.15) is 6.10 Å². The minimum absolute atomic E-state index is 0.215. The number of epoxide rings is 1. The van der Waals surface area contributed by atoms with E-state index in [-0.39, 0.29) is 6.10 Å². The number of hydrogen-bond acceptors (Lipinski definition) is 3. The summed E-state index contributed by atoms with van der Waals surface area (Å²) in [6.07, 6.45) is 1.50. The van der Waals surface area contributed by atoms with Gasteiger partial charge in [-0.05, 0) is 5.92 Å². The van der Waals surface area contributed by atoms with Crippen LogP contribution in [-0.4, -0.2) is 24.5 Å². The van der Waals surface area contributed by atoms with Gasteiger partial charge < -0.3 is 9.57 Å². The summed E-state index contributed by atoms with van der Waals surface area (Å²) in [5.41, 5.74) is 1.17. The van der Waals surface area contributed by atoms with Gasteiger partial charge >= 0.3 is 0 Å². The molecule has 1 fully saturated rings. The number of oxime groups is 1. The lowest BCUT2D eigenvalue weighted by Crippen LogP contribution is -2.16. The molecular formula is C8H13NO2. The lowest BCUT2D eigenvalue weighted by Gasteiger charge is -2.02. The molecule has 2 heterocycles. The van der Waals surface area contributed by atoms with E-state index in [4.69, 9.17) is 9.57 Å². The zero-order valence-electron chi connectivity index (χ0n) is 6.91. The van der Waals surface area contributed by atoms with Crippen molar-refractivity contribution < 1.29 is 9.57 Å². The van der Waals surface area contributed by atoms with Crippen LogP contribution in [0.4, 0.5) is 0 Å². The predicted molar refractivity (Wildman–Crippen MR) is 41.5 cm³/mol. The Labute approximate surface area is 66.4 Å². The van der Waals surface area contributed by atoms with Crippen molar-refractivity contribution in [2.45, 2.75) is 32.5 Å². The SMILES string of the molecule is CC(C)C1=NO[C@@H]([C@H]2CO2)C1. The summed E-state index contributed by atoms with van der Waals surface area (Å²) in [7, 11) is 0. The Morgan fingerprint density at radius 3 is 2.64 bits per heavy atom. The summed E-state index contributed by atoms with van der Waals surface area (Å²) in [5.74, 6) is 0.513. The van der Waals surface area contributed by atoms with Crippen molar-refractivity contribution in [1.29, 1.82) is 0 Å². The Morgan fingerprint density at radius 2 is 2.18 bits per heavy atom. The predicted octanol–water partition coefficient (Wildman–Crippen LogP) is 1.19. The van der Waals surface area contributed by atoms with E-state index in [1.165, 1.54) is 5.71 Å². The third-order valence-electron chi connectivity index (χ3n) is 2.16. The quantitative estimate of drug-likeness (QED) is 0.561. The molecule has 0 aromatic carbocycles. The van der Waals surface area contributed by atoms with Crippen LogP contribution in [0, 0.1) is 5.92 Å². The minimum Gasteiger partial charge on any atom is -0.389 e. The van der Waals surface area contributed by atoms with Crippen LogP contribution in [0.15, 0.2) is 5.16 Å². The largest absolute Gasteiger partial charge is 0.389 e. The highest BCUT2D eigenvalue weighted by molar-refractivity contribution is 5.87. The van der Waals surface area contributed by atoms with Crippen LogP contribution in [-0.2, 0) is 9.57 Å². The van der Waals surface area contributed by atoms with E-state index in [0.717, 1.165) is 13.0 Å². The second-order valence-electron chi connectivity index (χ2n) is 3.46. The van der Waals surface area contributed by atoms with Crippen LogP contribution < -0.4 is 0 Å². The molecule has 2 rings (SSSR count). The van der Waals surface area contributed by atoms with Crippen molar-refractivity contribution in [2.75, 3.05) is 6.61 Å². The van der Waals surface area contributed by atoms with Crippen LogP contribution in [0.1, 0.15) is 20.3 Å². The Morgan fingerprint density at radius 1 is 1.45 bits per heavy atom. The topological polar surface area (TPSA) is 34.1 Å². The summed E-state index contributed by atoms with van der Waals surface area (Å²) in [5, 5.41) is 4.01. The van der Waals surface area contributed by atoms with Crippen LogP contribution in [0.25, 0.3) is 0 Å². The zero-order chi connectivity index (χ0) is 7.84. The first-order valence-electron chi connectivity index (χ1n) is 4.11. The molecule has 11 heavy (non-hydrogen) atoms. The van der Waals surface area contributed by atoms with Gasteiger partial charge in [0.25, 0.3) is 0 Å². The van der Waals surface area contributed by atoms with Crippen LogP contribution in [0.5, 0.6) is 0 Å². The van der Waals surface area contributed by atoms with Crippen LogP contribution >= 0.6 is 0 Å². The van der Waals surface area contributed by atoms with Crippen molar-refractivity contribution >= 4 is 5.71 Å². The Bertz CT molecular complexity index is 185. The maximum Gasteiger partial charge on any atom is 0.161 e. The summed E-state index contributed by atoms with van der Waals surface area (Å²) >= 11 is 0. The number of nitrogens with zero attached hydrogens (tertiary/aromatic N) is 1. The van der Waals surface area contributed by atoms with Gasteiger partial charge in [0.2, 0.25) is 0 Å². The Balaban J connectivity index is 1.88. The maximum atomic E-state index is 5.21. The fraction of sp³-hybridized carbons (Fsp3) is 0.875. The van der Waals surface area contributed by atoms with E-state index in [2.05, 4.69) is 19.0 Å². The fourth-order valence-electron chi connectivity index (χ4n) is 1.23. The summed E-state index contributed by atoms with van der Waals surface area (Å²) in [6.45, 7) is 5.13. The molecule has 0 aromatic rings. The number of rotatable bonds is 2. The molecule has 0 N–H and O–H groups in total. The monoisotopic (exact) mass is 155 g/mol. The average molecular weight is 155 g/mol. The zero-order valence-corrected chi connectivity index (χ0v) is 6.91. The van der Waals surface area contributed by atoms with Crippen LogP contribution in [0.3, 0.4) is 0 Å². The molecule has 2 atom stereocenters. The lowest BCUT2D eigenvalue weighted by molar-refractivity contribution is 0.0627. The molecule has 2 aliphatic heterocycles. The molecule has 0 unspecified atom stereocenters. The third-order valence-corrected chi connectivity index (χ3v) is 2.16. The number of ether oxygens (including phenoxy) is 1. The summed E-state index contributed by atoms with van der Waals surface area (Å²) in [4.78, 5) is 5.21. The fourth-order valence-corrected chi connectivity index (χ4v) is 1.23. The summed E-state index contributed by atoms with van der Waals surface area (Å²) < 4.78 is 5.12. The second kappa shape index (κ2) is 2.48. The first-order chi connectivity index (χ1) is 5.27. The molecule has 0 spiro atoms. The van der Waals surface area contributed by atoms with Gasteiger partial charge in [-0.3, -0.25) is 0 Å². The molecule has 62 valence electrons. The Hall–Kier alpha value is -0.570. The first kappa shape index (κ1) is 7.10. The van der Waals surface area contributed by atoms with Crippen molar-refractivity contribution in [2.24, 2.45) is 11.1 Å². The average Bonchev–Trinajstić information content (AvgIpc) is 2.68. The second-order valence-corrected chi connectivity index (χ2v) is 3.46. The standard InChI is InChI=1S/C8H13NO2/c1-5(2)6-3-7(11-9-6)8-4-10-8/h5,7-8H,3-4H2,1-2H3/t7-,8-/m1/s1. The smallest absolute Gasteiger partial charge is 0.161 e. The van der Waals surface area contributed by atoms with Gasteiger partial charge in [0.15, 0.2) is 6.10 Å². The van der Waals surface area contributed by atoms with Gasteiger partial charge in [-0.2, -0.15) is 0 Å². The van der Waals surface area contributed by atoms with Gasteiger partial charge in [-0.15, -0.1) is 0 Å². The van der Waals surface area contributed by atoms with E-state index < -0.39 is 0 Å². The van der Waals surface area contributed by atoms with Crippen molar-refractivity contribution in [3.05, 3.63) is 0 Å². The van der Waals surface area contributed by atoms with Crippen molar-refractivity contribution in [1.82, 2.24) is 0 Å².